The molecule has 0 aromatic heterocycles. The van der Waals surface area contributed by atoms with Crippen molar-refractivity contribution in [3.63, 3.8) is 0 Å². The highest BCUT2D eigenvalue weighted by molar-refractivity contribution is 5.79. The fraction of sp³-hybridized carbons (Fsp3) is 0.667. The Morgan fingerprint density at radius 1 is 1.25 bits per heavy atom. The maximum atomic E-state index is 13.4. The number of morpholine rings is 1. The van der Waals surface area contributed by atoms with E-state index >= 15 is 0 Å². The average Bonchev–Trinajstić information content (AvgIpc) is 3.13. The van der Waals surface area contributed by atoms with Gasteiger partial charge in [-0.15, -0.1) is 0 Å². The summed E-state index contributed by atoms with van der Waals surface area (Å²) in [5.41, 5.74) is 1.06. The second-order valence-corrected chi connectivity index (χ2v) is 7.57. The van der Waals surface area contributed by atoms with Crippen molar-refractivity contribution in [3.8, 4) is 0 Å². The molecule has 1 aliphatic heterocycles. The van der Waals surface area contributed by atoms with Crippen molar-refractivity contribution < 1.29 is 14.2 Å². The number of rotatable bonds is 7. The monoisotopic (exact) mass is 392 g/mol. The van der Waals surface area contributed by atoms with Gasteiger partial charge in [0.2, 0.25) is 0 Å². The SMILES string of the molecule is CCNC(=NCC(c1ccc(F)cc1)N1CCOCC1)NCC1CCCC1O. The van der Waals surface area contributed by atoms with Gasteiger partial charge in [-0.2, -0.15) is 0 Å². The lowest BCUT2D eigenvalue weighted by atomic mass is 10.0. The summed E-state index contributed by atoms with van der Waals surface area (Å²) < 4.78 is 18.9. The van der Waals surface area contributed by atoms with Crippen molar-refractivity contribution in [1.82, 2.24) is 15.5 Å². The lowest BCUT2D eigenvalue weighted by Gasteiger charge is -2.34. The Hall–Kier alpha value is -1.70. The van der Waals surface area contributed by atoms with E-state index in [2.05, 4.69) is 15.5 Å². The van der Waals surface area contributed by atoms with E-state index in [1.54, 1.807) is 0 Å². The molecule has 3 unspecified atom stereocenters. The van der Waals surface area contributed by atoms with Crippen molar-refractivity contribution in [2.45, 2.75) is 38.3 Å². The Bertz CT molecular complexity index is 619. The molecule has 1 aliphatic carbocycles. The van der Waals surface area contributed by atoms with E-state index < -0.39 is 0 Å². The molecule has 0 amide bonds. The van der Waals surface area contributed by atoms with Gasteiger partial charge in [-0.1, -0.05) is 18.6 Å². The number of hydrogen-bond acceptors (Lipinski definition) is 4. The molecule has 7 heteroatoms. The van der Waals surface area contributed by atoms with Crippen LogP contribution in [-0.4, -0.2) is 68.0 Å². The van der Waals surface area contributed by atoms with Crippen LogP contribution in [0.15, 0.2) is 29.3 Å². The Balaban J connectivity index is 1.68. The molecule has 1 heterocycles. The zero-order valence-corrected chi connectivity index (χ0v) is 16.7. The van der Waals surface area contributed by atoms with Gasteiger partial charge in [0.15, 0.2) is 5.96 Å². The number of aliphatic hydroxyl groups excluding tert-OH is 1. The number of nitrogens with one attached hydrogen (secondary N) is 2. The molecule has 1 saturated carbocycles. The Morgan fingerprint density at radius 3 is 2.64 bits per heavy atom. The van der Waals surface area contributed by atoms with Crippen molar-refractivity contribution in [3.05, 3.63) is 35.6 Å². The zero-order chi connectivity index (χ0) is 19.8. The van der Waals surface area contributed by atoms with E-state index in [9.17, 15) is 9.50 Å². The standard InChI is InChI=1S/C21H33FN4O2/c1-2-23-21(24-14-17-4-3-5-20(17)27)25-15-19(26-10-12-28-13-11-26)16-6-8-18(22)9-7-16/h6-9,17,19-20,27H,2-5,10-15H2,1H3,(H2,23,24,25). The van der Waals surface area contributed by atoms with Crippen molar-refractivity contribution in [2.24, 2.45) is 10.9 Å². The average molecular weight is 393 g/mol. The van der Waals surface area contributed by atoms with Crippen molar-refractivity contribution in [2.75, 3.05) is 45.9 Å². The van der Waals surface area contributed by atoms with Crippen LogP contribution in [-0.2, 0) is 4.74 Å². The van der Waals surface area contributed by atoms with Crippen LogP contribution in [0.1, 0.15) is 37.8 Å². The van der Waals surface area contributed by atoms with E-state index in [-0.39, 0.29) is 23.9 Å². The van der Waals surface area contributed by atoms with Gasteiger partial charge >= 0.3 is 0 Å². The molecular formula is C21H33FN4O2. The van der Waals surface area contributed by atoms with Gasteiger partial charge in [0.05, 0.1) is 31.9 Å². The molecule has 6 nitrogen and oxygen atoms in total. The second-order valence-electron chi connectivity index (χ2n) is 7.57. The lowest BCUT2D eigenvalue weighted by Crippen LogP contribution is -2.43. The largest absolute Gasteiger partial charge is 0.393 e. The first-order valence-corrected chi connectivity index (χ1v) is 10.4. The first-order chi connectivity index (χ1) is 13.7. The first kappa shape index (κ1) is 21.0. The van der Waals surface area contributed by atoms with Crippen LogP contribution in [0.2, 0.25) is 0 Å². The van der Waals surface area contributed by atoms with Gasteiger partial charge < -0.3 is 20.5 Å². The van der Waals surface area contributed by atoms with E-state index in [1.807, 2.05) is 19.1 Å². The third-order valence-corrected chi connectivity index (χ3v) is 5.66. The molecule has 28 heavy (non-hydrogen) atoms. The van der Waals surface area contributed by atoms with E-state index in [0.29, 0.717) is 19.8 Å². The van der Waals surface area contributed by atoms with Gasteiger partial charge in [0.1, 0.15) is 5.82 Å². The zero-order valence-electron chi connectivity index (χ0n) is 16.7. The van der Waals surface area contributed by atoms with Crippen LogP contribution in [0.25, 0.3) is 0 Å². The van der Waals surface area contributed by atoms with Crippen LogP contribution in [0, 0.1) is 11.7 Å². The molecule has 3 atom stereocenters. The van der Waals surface area contributed by atoms with Crippen LogP contribution < -0.4 is 10.6 Å². The fourth-order valence-electron chi connectivity index (χ4n) is 4.01. The van der Waals surface area contributed by atoms with E-state index in [0.717, 1.165) is 57.0 Å². The van der Waals surface area contributed by atoms with Crippen LogP contribution >= 0.6 is 0 Å². The minimum absolute atomic E-state index is 0.0806. The number of aliphatic imine (C=N–C) groups is 1. The number of nitrogens with zero attached hydrogens (tertiary/aromatic N) is 2. The number of halogens is 1. The number of benzene rings is 1. The third-order valence-electron chi connectivity index (χ3n) is 5.66. The molecule has 0 spiro atoms. The highest BCUT2D eigenvalue weighted by atomic mass is 19.1. The van der Waals surface area contributed by atoms with Crippen molar-refractivity contribution in [1.29, 1.82) is 0 Å². The Kier molecular flexibility index (Phi) is 8.06. The molecule has 156 valence electrons. The summed E-state index contributed by atoms with van der Waals surface area (Å²) in [5.74, 6) is 0.830. The van der Waals surface area contributed by atoms with Gasteiger partial charge in [0.25, 0.3) is 0 Å². The smallest absolute Gasteiger partial charge is 0.191 e. The summed E-state index contributed by atoms with van der Waals surface area (Å²) in [5, 5.41) is 16.7. The van der Waals surface area contributed by atoms with E-state index in [4.69, 9.17) is 9.73 Å². The summed E-state index contributed by atoms with van der Waals surface area (Å²) in [6, 6.07) is 6.80. The minimum Gasteiger partial charge on any atom is -0.393 e. The maximum Gasteiger partial charge on any atom is 0.191 e. The van der Waals surface area contributed by atoms with Crippen LogP contribution in [0.4, 0.5) is 4.39 Å². The van der Waals surface area contributed by atoms with Gasteiger partial charge in [-0.25, -0.2) is 4.39 Å². The first-order valence-electron chi connectivity index (χ1n) is 10.4. The Morgan fingerprint density at radius 2 is 2.00 bits per heavy atom. The number of hydrogen-bond donors (Lipinski definition) is 3. The molecule has 0 bridgehead atoms. The molecule has 3 rings (SSSR count). The molecule has 0 radical (unpaired) electrons. The Labute approximate surface area is 167 Å². The predicted molar refractivity (Wildman–Crippen MR) is 109 cm³/mol. The quantitative estimate of drug-likeness (QED) is 0.489. The molecule has 2 aliphatic rings. The topological polar surface area (TPSA) is 69.1 Å². The summed E-state index contributed by atoms with van der Waals surface area (Å²) in [7, 11) is 0. The number of ether oxygens (including phenoxy) is 1. The number of guanidine groups is 1. The van der Waals surface area contributed by atoms with Crippen molar-refractivity contribution >= 4 is 5.96 Å². The fourth-order valence-corrected chi connectivity index (χ4v) is 4.01. The predicted octanol–water partition coefficient (Wildman–Crippen LogP) is 1.92. The third kappa shape index (κ3) is 5.90. The molecular weight excluding hydrogens is 359 g/mol. The van der Waals surface area contributed by atoms with Crippen LogP contribution in [0.5, 0.6) is 0 Å². The lowest BCUT2D eigenvalue weighted by molar-refractivity contribution is 0.0179. The summed E-state index contributed by atoms with van der Waals surface area (Å²) in [6.45, 7) is 7.23. The number of aliphatic hydroxyl groups is 1. The van der Waals surface area contributed by atoms with Gasteiger partial charge in [-0.3, -0.25) is 9.89 Å². The van der Waals surface area contributed by atoms with Crippen LogP contribution in [0.3, 0.4) is 0 Å². The summed E-state index contributed by atoms with van der Waals surface area (Å²) in [6.07, 6.45) is 2.82. The van der Waals surface area contributed by atoms with E-state index in [1.165, 1.54) is 12.1 Å². The summed E-state index contributed by atoms with van der Waals surface area (Å²) >= 11 is 0. The van der Waals surface area contributed by atoms with Gasteiger partial charge in [-0.05, 0) is 37.5 Å². The highest BCUT2D eigenvalue weighted by Crippen LogP contribution is 2.25. The molecule has 3 N–H and O–H groups in total. The second kappa shape index (κ2) is 10.7. The minimum atomic E-state index is -0.224. The molecule has 2 fully saturated rings. The highest BCUT2D eigenvalue weighted by Gasteiger charge is 2.25. The molecule has 1 aromatic rings. The maximum absolute atomic E-state index is 13.4. The normalized spacial score (nSPS) is 24.9. The molecule has 1 aromatic carbocycles. The molecule has 1 saturated heterocycles. The summed E-state index contributed by atoms with van der Waals surface area (Å²) in [4.78, 5) is 7.16. The van der Waals surface area contributed by atoms with Gasteiger partial charge in [0, 0.05) is 32.1 Å².